The van der Waals surface area contributed by atoms with Crippen LogP contribution in [0, 0.1) is 20.2 Å². The predicted molar refractivity (Wildman–Crippen MR) is 83.0 cm³/mol. The Morgan fingerprint density at radius 1 is 0.909 bits per heavy atom. The summed E-state index contributed by atoms with van der Waals surface area (Å²) in [5.74, 6) is 0. The highest BCUT2D eigenvalue weighted by atomic mass is 16.6. The van der Waals surface area contributed by atoms with Crippen LogP contribution in [0.5, 0.6) is 0 Å². The number of fused-ring (bicyclic) bond motifs is 3. The average Bonchev–Trinajstić information content (AvgIpc) is 2.81. The maximum atomic E-state index is 11.0. The van der Waals surface area contributed by atoms with Crippen molar-refractivity contribution < 1.29 is 9.85 Å². The topological polar surface area (TPSA) is 91.2 Å². The minimum atomic E-state index is -0.459. The molecule has 1 aromatic heterocycles. The van der Waals surface area contributed by atoms with Gasteiger partial charge in [0.2, 0.25) is 0 Å². The largest absolute Gasteiger partial charge is 0.340 e. The Hall–Kier alpha value is -2.96. The fourth-order valence-corrected chi connectivity index (χ4v) is 2.77. The van der Waals surface area contributed by atoms with Gasteiger partial charge in [-0.15, -0.1) is 0 Å². The van der Waals surface area contributed by atoms with Gasteiger partial charge in [0.15, 0.2) is 0 Å². The number of hydrogen-bond donors (Lipinski definition) is 0. The Balaban J connectivity index is 2.41. The van der Waals surface area contributed by atoms with Crippen LogP contribution in [0.3, 0.4) is 0 Å². The van der Waals surface area contributed by atoms with Crippen molar-refractivity contribution in [3.63, 3.8) is 0 Å². The lowest BCUT2D eigenvalue weighted by Gasteiger charge is -2.04. The van der Waals surface area contributed by atoms with E-state index in [1.807, 2.05) is 11.5 Å². The highest BCUT2D eigenvalue weighted by Crippen LogP contribution is 2.34. The van der Waals surface area contributed by atoms with Crippen LogP contribution in [0.15, 0.2) is 36.4 Å². The molecule has 0 atom stereocenters. The SMILES string of the molecule is CCCn1c2ccc([N+](=O)[O-])cc2c2cc([N+](=O)[O-])ccc21. The molecule has 0 aliphatic heterocycles. The minimum Gasteiger partial charge on any atom is -0.340 e. The molecule has 0 aliphatic rings. The van der Waals surface area contributed by atoms with Gasteiger partial charge < -0.3 is 4.57 Å². The predicted octanol–water partition coefficient (Wildman–Crippen LogP) is 4.02. The van der Waals surface area contributed by atoms with Crippen molar-refractivity contribution in [2.24, 2.45) is 0 Å². The van der Waals surface area contributed by atoms with Gasteiger partial charge in [-0.2, -0.15) is 0 Å². The number of nitro groups is 2. The molecule has 0 aliphatic carbocycles. The molecule has 0 bridgehead atoms. The van der Waals surface area contributed by atoms with E-state index in [9.17, 15) is 20.2 Å². The molecule has 0 saturated carbocycles. The fraction of sp³-hybridized carbons (Fsp3) is 0.200. The summed E-state index contributed by atoms with van der Waals surface area (Å²) in [6.45, 7) is 2.78. The Kier molecular flexibility index (Phi) is 3.25. The highest BCUT2D eigenvalue weighted by molar-refractivity contribution is 6.09. The molecular formula is C15H13N3O4. The zero-order valence-electron chi connectivity index (χ0n) is 11.9. The van der Waals surface area contributed by atoms with Crippen LogP contribution in [0.25, 0.3) is 21.8 Å². The minimum absolute atomic E-state index is 0.0189. The molecule has 0 radical (unpaired) electrons. The van der Waals surface area contributed by atoms with Crippen LogP contribution < -0.4 is 0 Å². The number of aromatic nitrogens is 1. The molecule has 1 heterocycles. The van der Waals surface area contributed by atoms with Crippen LogP contribution in [0.2, 0.25) is 0 Å². The van der Waals surface area contributed by atoms with Gasteiger partial charge in [-0.3, -0.25) is 20.2 Å². The van der Waals surface area contributed by atoms with E-state index in [2.05, 4.69) is 0 Å². The van der Waals surface area contributed by atoms with Gasteiger partial charge in [0, 0.05) is 52.6 Å². The molecule has 0 N–H and O–H groups in total. The monoisotopic (exact) mass is 299 g/mol. The van der Waals surface area contributed by atoms with Crippen LogP contribution >= 0.6 is 0 Å². The zero-order chi connectivity index (χ0) is 15.9. The van der Waals surface area contributed by atoms with Crippen molar-refractivity contribution in [3.8, 4) is 0 Å². The molecule has 112 valence electrons. The lowest BCUT2D eigenvalue weighted by molar-refractivity contribution is -0.385. The number of non-ortho nitro benzene ring substituents is 2. The Labute approximate surface area is 125 Å². The van der Waals surface area contributed by atoms with E-state index in [-0.39, 0.29) is 11.4 Å². The third-order valence-electron chi connectivity index (χ3n) is 3.70. The first-order valence-corrected chi connectivity index (χ1v) is 6.87. The van der Waals surface area contributed by atoms with Gasteiger partial charge in [0.1, 0.15) is 0 Å². The van der Waals surface area contributed by atoms with Gasteiger partial charge in [0.05, 0.1) is 9.85 Å². The van der Waals surface area contributed by atoms with E-state index in [1.54, 1.807) is 12.1 Å². The number of rotatable bonds is 4. The Morgan fingerprint density at radius 3 is 1.73 bits per heavy atom. The first kappa shape index (κ1) is 14.0. The summed E-state index contributed by atoms with van der Waals surface area (Å²) in [6, 6.07) is 9.29. The smallest absolute Gasteiger partial charge is 0.270 e. The molecule has 0 saturated heterocycles. The van der Waals surface area contributed by atoms with Crippen molar-refractivity contribution in [2.75, 3.05) is 0 Å². The molecule has 7 nitrogen and oxygen atoms in total. The van der Waals surface area contributed by atoms with Crippen LogP contribution in [-0.4, -0.2) is 14.4 Å². The first-order chi connectivity index (χ1) is 10.5. The van der Waals surface area contributed by atoms with Crippen LogP contribution in [0.1, 0.15) is 13.3 Å². The van der Waals surface area contributed by atoms with E-state index in [4.69, 9.17) is 0 Å². The van der Waals surface area contributed by atoms with Gasteiger partial charge in [-0.1, -0.05) is 6.92 Å². The highest BCUT2D eigenvalue weighted by Gasteiger charge is 2.17. The summed E-state index contributed by atoms with van der Waals surface area (Å²) in [7, 11) is 0. The average molecular weight is 299 g/mol. The van der Waals surface area contributed by atoms with E-state index in [0.717, 1.165) is 24.0 Å². The van der Waals surface area contributed by atoms with Crippen molar-refractivity contribution in [1.82, 2.24) is 4.57 Å². The van der Waals surface area contributed by atoms with Crippen molar-refractivity contribution >= 4 is 33.2 Å². The molecule has 2 aromatic carbocycles. The molecule has 0 spiro atoms. The van der Waals surface area contributed by atoms with E-state index >= 15 is 0 Å². The third kappa shape index (κ3) is 2.07. The van der Waals surface area contributed by atoms with E-state index < -0.39 is 9.85 Å². The molecular weight excluding hydrogens is 286 g/mol. The standard InChI is InChI=1S/C15H13N3O4/c1-2-7-16-14-5-3-10(17(19)20)8-12(14)13-9-11(18(21)22)4-6-15(13)16/h3-6,8-9H,2,7H2,1H3. The summed E-state index contributed by atoms with van der Waals surface area (Å²) in [6.07, 6.45) is 0.896. The Bertz CT molecular complexity index is 843. The van der Waals surface area contributed by atoms with Gasteiger partial charge in [0.25, 0.3) is 11.4 Å². The van der Waals surface area contributed by atoms with Crippen LogP contribution in [-0.2, 0) is 6.54 Å². The second kappa shape index (κ2) is 5.10. The van der Waals surface area contributed by atoms with Gasteiger partial charge in [-0.25, -0.2) is 0 Å². The summed E-state index contributed by atoms with van der Waals surface area (Å²) in [5.41, 5.74) is 1.66. The lowest BCUT2D eigenvalue weighted by atomic mass is 10.1. The number of benzene rings is 2. The molecule has 3 rings (SSSR count). The van der Waals surface area contributed by atoms with Gasteiger partial charge >= 0.3 is 0 Å². The number of nitrogens with zero attached hydrogens (tertiary/aromatic N) is 3. The lowest BCUT2D eigenvalue weighted by Crippen LogP contribution is -1.96. The first-order valence-electron chi connectivity index (χ1n) is 6.87. The molecule has 3 aromatic rings. The van der Waals surface area contributed by atoms with Gasteiger partial charge in [-0.05, 0) is 18.6 Å². The van der Waals surface area contributed by atoms with E-state index in [1.165, 1.54) is 24.3 Å². The van der Waals surface area contributed by atoms with Crippen molar-refractivity contribution in [2.45, 2.75) is 19.9 Å². The van der Waals surface area contributed by atoms with Crippen molar-refractivity contribution in [1.29, 1.82) is 0 Å². The zero-order valence-corrected chi connectivity index (χ0v) is 11.9. The van der Waals surface area contributed by atoms with E-state index in [0.29, 0.717) is 10.8 Å². The molecule has 0 fully saturated rings. The van der Waals surface area contributed by atoms with Crippen molar-refractivity contribution in [3.05, 3.63) is 56.6 Å². The quantitative estimate of drug-likeness (QED) is 0.537. The molecule has 7 heteroatoms. The second-order valence-corrected chi connectivity index (χ2v) is 5.07. The molecule has 0 amide bonds. The maximum Gasteiger partial charge on any atom is 0.270 e. The summed E-state index contributed by atoms with van der Waals surface area (Å²) >= 11 is 0. The summed E-state index contributed by atoms with van der Waals surface area (Å²) in [5, 5.41) is 23.3. The summed E-state index contributed by atoms with van der Waals surface area (Å²) < 4.78 is 2.04. The normalized spacial score (nSPS) is 11.1. The number of hydrogen-bond acceptors (Lipinski definition) is 4. The maximum absolute atomic E-state index is 11.0. The second-order valence-electron chi connectivity index (χ2n) is 5.07. The van der Waals surface area contributed by atoms with Crippen LogP contribution in [0.4, 0.5) is 11.4 Å². The molecule has 22 heavy (non-hydrogen) atoms. The Morgan fingerprint density at radius 2 is 1.36 bits per heavy atom. The summed E-state index contributed by atoms with van der Waals surface area (Å²) in [4.78, 5) is 21.0. The number of aryl methyl sites for hydroxylation is 1. The fourth-order valence-electron chi connectivity index (χ4n) is 2.77. The number of nitro benzene ring substituents is 2. The molecule has 0 unspecified atom stereocenters. The third-order valence-corrected chi connectivity index (χ3v) is 3.70.